The molecule has 2 aliphatic carbocycles. The number of aliphatic imine (C=N–C) groups is 1. The zero-order valence-corrected chi connectivity index (χ0v) is 13.6. The summed E-state index contributed by atoms with van der Waals surface area (Å²) < 4.78 is 6.07. The van der Waals surface area contributed by atoms with Gasteiger partial charge in [0, 0.05) is 18.2 Å². The highest BCUT2D eigenvalue weighted by molar-refractivity contribution is 5.80. The zero-order valence-electron chi connectivity index (χ0n) is 13.6. The Kier molecular flexibility index (Phi) is 4.86. The molecule has 4 nitrogen and oxygen atoms in total. The van der Waals surface area contributed by atoms with Crippen LogP contribution in [0.3, 0.4) is 0 Å². The SMILES string of the molecule is CCNC(=NCc1ccccc1OC1CCC1)NC1CC1C. The van der Waals surface area contributed by atoms with Crippen molar-refractivity contribution >= 4 is 5.96 Å². The van der Waals surface area contributed by atoms with Crippen molar-refractivity contribution in [2.24, 2.45) is 10.9 Å². The molecule has 2 N–H and O–H groups in total. The number of rotatable bonds is 6. The van der Waals surface area contributed by atoms with Crippen molar-refractivity contribution in [1.29, 1.82) is 0 Å². The molecular formula is C18H27N3O. The van der Waals surface area contributed by atoms with Crippen LogP contribution in [0.1, 0.15) is 45.1 Å². The lowest BCUT2D eigenvalue weighted by molar-refractivity contribution is 0.119. The number of para-hydroxylation sites is 1. The number of hydrogen-bond acceptors (Lipinski definition) is 2. The molecule has 0 amide bonds. The summed E-state index contributed by atoms with van der Waals surface area (Å²) in [7, 11) is 0. The molecule has 3 rings (SSSR count). The Morgan fingerprint density at radius 2 is 2.09 bits per heavy atom. The Bertz CT molecular complexity index is 525. The molecule has 0 heterocycles. The molecule has 2 aliphatic rings. The fraction of sp³-hybridized carbons (Fsp3) is 0.611. The Balaban J connectivity index is 1.63. The van der Waals surface area contributed by atoms with Crippen LogP contribution >= 0.6 is 0 Å². The van der Waals surface area contributed by atoms with Gasteiger partial charge < -0.3 is 15.4 Å². The second-order valence-corrected chi connectivity index (χ2v) is 6.44. The molecule has 2 atom stereocenters. The van der Waals surface area contributed by atoms with E-state index in [-0.39, 0.29) is 0 Å². The molecule has 0 aromatic heterocycles. The summed E-state index contributed by atoms with van der Waals surface area (Å²) in [6.45, 7) is 5.90. The van der Waals surface area contributed by atoms with Gasteiger partial charge in [0.15, 0.2) is 5.96 Å². The molecule has 2 unspecified atom stereocenters. The van der Waals surface area contributed by atoms with Crippen molar-refractivity contribution in [3.63, 3.8) is 0 Å². The van der Waals surface area contributed by atoms with Gasteiger partial charge in [-0.2, -0.15) is 0 Å². The van der Waals surface area contributed by atoms with Crippen molar-refractivity contribution in [3.8, 4) is 5.75 Å². The zero-order chi connectivity index (χ0) is 15.4. The van der Waals surface area contributed by atoms with Crippen LogP contribution in [-0.2, 0) is 6.54 Å². The number of ether oxygens (including phenoxy) is 1. The summed E-state index contributed by atoms with van der Waals surface area (Å²) >= 11 is 0. The molecule has 1 aromatic rings. The standard InChI is InChI=1S/C18H27N3O/c1-3-19-18(21-16-11-13(16)2)20-12-14-7-4-5-10-17(14)22-15-8-6-9-15/h4-5,7,10,13,15-16H,3,6,8-9,11-12H2,1-2H3,(H2,19,20,21). The van der Waals surface area contributed by atoms with Crippen molar-refractivity contribution in [2.75, 3.05) is 6.54 Å². The Labute approximate surface area is 133 Å². The van der Waals surface area contributed by atoms with Gasteiger partial charge in [0.25, 0.3) is 0 Å². The minimum Gasteiger partial charge on any atom is -0.490 e. The summed E-state index contributed by atoms with van der Waals surface area (Å²) in [6.07, 6.45) is 5.30. The lowest BCUT2D eigenvalue weighted by atomic mass is 9.96. The van der Waals surface area contributed by atoms with Gasteiger partial charge >= 0.3 is 0 Å². The highest BCUT2D eigenvalue weighted by Gasteiger charge is 2.33. The van der Waals surface area contributed by atoms with E-state index in [1.807, 2.05) is 6.07 Å². The molecule has 0 bridgehead atoms. The number of nitrogens with one attached hydrogen (secondary N) is 2. The topological polar surface area (TPSA) is 45.7 Å². The van der Waals surface area contributed by atoms with Gasteiger partial charge in [-0.05, 0) is 44.6 Å². The monoisotopic (exact) mass is 301 g/mol. The third kappa shape index (κ3) is 3.93. The van der Waals surface area contributed by atoms with E-state index >= 15 is 0 Å². The van der Waals surface area contributed by atoms with E-state index in [0.29, 0.717) is 18.7 Å². The number of nitrogens with zero attached hydrogens (tertiary/aromatic N) is 1. The molecule has 120 valence electrons. The maximum absolute atomic E-state index is 6.07. The average molecular weight is 301 g/mol. The highest BCUT2D eigenvalue weighted by Crippen LogP contribution is 2.29. The quantitative estimate of drug-likeness (QED) is 0.627. The summed E-state index contributed by atoms with van der Waals surface area (Å²) in [5.41, 5.74) is 1.16. The van der Waals surface area contributed by atoms with Gasteiger partial charge in [-0.15, -0.1) is 0 Å². The minimum atomic E-state index is 0.406. The molecule has 22 heavy (non-hydrogen) atoms. The summed E-state index contributed by atoms with van der Waals surface area (Å²) in [6, 6.07) is 8.85. The van der Waals surface area contributed by atoms with Gasteiger partial charge in [-0.1, -0.05) is 25.1 Å². The molecule has 1 aromatic carbocycles. The molecule has 0 spiro atoms. The van der Waals surface area contributed by atoms with Crippen molar-refractivity contribution < 1.29 is 4.74 Å². The van der Waals surface area contributed by atoms with Crippen LogP contribution in [0.4, 0.5) is 0 Å². The molecule has 0 radical (unpaired) electrons. The average Bonchev–Trinajstić information content (AvgIpc) is 3.17. The van der Waals surface area contributed by atoms with E-state index in [0.717, 1.165) is 29.7 Å². The van der Waals surface area contributed by atoms with Crippen molar-refractivity contribution in [1.82, 2.24) is 10.6 Å². The number of hydrogen-bond donors (Lipinski definition) is 2. The number of guanidine groups is 1. The van der Waals surface area contributed by atoms with Gasteiger partial charge in [-0.3, -0.25) is 0 Å². The summed E-state index contributed by atoms with van der Waals surface area (Å²) in [5, 5.41) is 6.82. The molecule has 2 fully saturated rings. The maximum Gasteiger partial charge on any atom is 0.191 e. The molecular weight excluding hydrogens is 274 g/mol. The summed E-state index contributed by atoms with van der Waals surface area (Å²) in [5.74, 6) is 2.67. The van der Waals surface area contributed by atoms with Crippen molar-refractivity contribution in [3.05, 3.63) is 29.8 Å². The Morgan fingerprint density at radius 3 is 2.73 bits per heavy atom. The van der Waals surface area contributed by atoms with Crippen LogP contribution in [0.5, 0.6) is 5.75 Å². The Hall–Kier alpha value is -1.71. The van der Waals surface area contributed by atoms with Crippen LogP contribution in [0, 0.1) is 5.92 Å². The van der Waals surface area contributed by atoms with Crippen LogP contribution in [-0.4, -0.2) is 24.7 Å². The predicted octanol–water partition coefficient (Wildman–Crippen LogP) is 3.08. The maximum atomic E-state index is 6.07. The minimum absolute atomic E-state index is 0.406. The van der Waals surface area contributed by atoms with Gasteiger partial charge in [0.05, 0.1) is 12.6 Å². The lowest BCUT2D eigenvalue weighted by Crippen LogP contribution is -2.39. The summed E-state index contributed by atoms with van der Waals surface area (Å²) in [4.78, 5) is 4.72. The van der Waals surface area contributed by atoms with E-state index in [2.05, 4.69) is 42.7 Å². The van der Waals surface area contributed by atoms with Crippen molar-refractivity contribution in [2.45, 2.75) is 58.2 Å². The van der Waals surface area contributed by atoms with Crippen LogP contribution in [0.15, 0.2) is 29.3 Å². The van der Waals surface area contributed by atoms with Crippen LogP contribution in [0.2, 0.25) is 0 Å². The van der Waals surface area contributed by atoms with E-state index in [1.165, 1.54) is 25.7 Å². The second-order valence-electron chi connectivity index (χ2n) is 6.44. The van der Waals surface area contributed by atoms with Crippen LogP contribution in [0.25, 0.3) is 0 Å². The van der Waals surface area contributed by atoms with Crippen LogP contribution < -0.4 is 15.4 Å². The largest absolute Gasteiger partial charge is 0.490 e. The Morgan fingerprint density at radius 1 is 1.32 bits per heavy atom. The fourth-order valence-corrected chi connectivity index (χ4v) is 2.60. The van der Waals surface area contributed by atoms with E-state index < -0.39 is 0 Å². The van der Waals surface area contributed by atoms with E-state index in [1.54, 1.807) is 0 Å². The molecule has 4 heteroatoms. The number of benzene rings is 1. The first-order valence-electron chi connectivity index (χ1n) is 8.55. The first-order chi connectivity index (χ1) is 10.8. The fourth-order valence-electron chi connectivity index (χ4n) is 2.60. The van der Waals surface area contributed by atoms with Gasteiger partial charge in [0.2, 0.25) is 0 Å². The van der Waals surface area contributed by atoms with Gasteiger partial charge in [-0.25, -0.2) is 4.99 Å². The van der Waals surface area contributed by atoms with Gasteiger partial charge in [0.1, 0.15) is 5.75 Å². The molecule has 2 saturated carbocycles. The highest BCUT2D eigenvalue weighted by atomic mass is 16.5. The first-order valence-corrected chi connectivity index (χ1v) is 8.55. The third-order valence-electron chi connectivity index (χ3n) is 4.50. The molecule has 0 aliphatic heterocycles. The predicted molar refractivity (Wildman–Crippen MR) is 90.2 cm³/mol. The smallest absolute Gasteiger partial charge is 0.191 e. The normalized spacial score (nSPS) is 24.5. The second kappa shape index (κ2) is 7.03. The first kappa shape index (κ1) is 15.2. The third-order valence-corrected chi connectivity index (χ3v) is 4.50. The van der Waals surface area contributed by atoms with E-state index in [9.17, 15) is 0 Å². The van der Waals surface area contributed by atoms with E-state index in [4.69, 9.17) is 9.73 Å². The lowest BCUT2D eigenvalue weighted by Gasteiger charge is -2.27. The molecule has 0 saturated heterocycles.